The van der Waals surface area contributed by atoms with Gasteiger partial charge in [0, 0.05) is 31.1 Å². The highest BCUT2D eigenvalue weighted by atomic mass is 19.1. The molecule has 2 heterocycles. The molecule has 0 amide bonds. The maximum Gasteiger partial charge on any atom is 0.123 e. The summed E-state index contributed by atoms with van der Waals surface area (Å²) in [5, 5.41) is 12.6. The van der Waals surface area contributed by atoms with Gasteiger partial charge in [-0.1, -0.05) is 13.8 Å². The molecule has 0 radical (unpaired) electrons. The van der Waals surface area contributed by atoms with Crippen LogP contribution >= 0.6 is 0 Å². The van der Waals surface area contributed by atoms with Crippen molar-refractivity contribution in [2.24, 2.45) is 0 Å². The molecule has 2 aromatic carbocycles. The molecule has 4 rings (SSSR count). The smallest absolute Gasteiger partial charge is 0.123 e. The standard InChI is InChI=1S/C18H19FN4.C2H6/c1-12-8-18-13(9-16(12)17-11-20-6-7-21-17)10-22-23(18)15-4-2-14(19)3-5-15;1-2/h2-5,8-10,17,20-21H,6-7,11H2,1H3;1-2H3. The minimum absolute atomic E-state index is 0.237. The van der Waals surface area contributed by atoms with E-state index in [2.05, 4.69) is 34.8 Å². The van der Waals surface area contributed by atoms with E-state index in [0.29, 0.717) is 6.04 Å². The Morgan fingerprint density at radius 1 is 1.12 bits per heavy atom. The van der Waals surface area contributed by atoms with E-state index in [1.54, 1.807) is 12.1 Å². The molecular weight excluding hydrogens is 315 g/mol. The molecule has 0 aliphatic carbocycles. The van der Waals surface area contributed by atoms with Crippen LogP contribution in [-0.2, 0) is 0 Å². The van der Waals surface area contributed by atoms with Crippen molar-refractivity contribution >= 4 is 10.9 Å². The van der Waals surface area contributed by atoms with Crippen molar-refractivity contribution in [3.8, 4) is 5.69 Å². The first-order valence-electron chi connectivity index (χ1n) is 8.91. The van der Waals surface area contributed by atoms with Gasteiger partial charge in [-0.3, -0.25) is 0 Å². The van der Waals surface area contributed by atoms with Crippen LogP contribution in [0.1, 0.15) is 31.0 Å². The molecule has 132 valence electrons. The zero-order valence-electron chi connectivity index (χ0n) is 15.0. The maximum absolute atomic E-state index is 13.1. The van der Waals surface area contributed by atoms with Gasteiger partial charge in [0.2, 0.25) is 0 Å². The molecule has 0 spiro atoms. The van der Waals surface area contributed by atoms with Crippen LogP contribution in [0.4, 0.5) is 4.39 Å². The van der Waals surface area contributed by atoms with Gasteiger partial charge < -0.3 is 10.6 Å². The molecule has 1 unspecified atom stereocenters. The number of nitrogens with one attached hydrogen (secondary N) is 2. The van der Waals surface area contributed by atoms with Crippen LogP contribution < -0.4 is 10.6 Å². The van der Waals surface area contributed by atoms with E-state index >= 15 is 0 Å². The van der Waals surface area contributed by atoms with Gasteiger partial charge in [-0.05, 0) is 54.4 Å². The average Bonchev–Trinajstić information content (AvgIpc) is 3.07. The van der Waals surface area contributed by atoms with Gasteiger partial charge in [0.1, 0.15) is 5.82 Å². The number of hydrogen-bond donors (Lipinski definition) is 2. The highest BCUT2D eigenvalue weighted by molar-refractivity contribution is 5.82. The van der Waals surface area contributed by atoms with E-state index in [1.807, 2.05) is 24.7 Å². The number of piperazine rings is 1. The summed E-state index contributed by atoms with van der Waals surface area (Å²) in [6.45, 7) is 9.07. The van der Waals surface area contributed by atoms with Crippen molar-refractivity contribution in [1.29, 1.82) is 0 Å². The lowest BCUT2D eigenvalue weighted by Crippen LogP contribution is -2.42. The lowest BCUT2D eigenvalue weighted by atomic mass is 9.98. The zero-order chi connectivity index (χ0) is 17.8. The molecule has 1 aliphatic rings. The highest BCUT2D eigenvalue weighted by Gasteiger charge is 2.18. The third-order valence-corrected chi connectivity index (χ3v) is 4.44. The van der Waals surface area contributed by atoms with Gasteiger partial charge in [0.15, 0.2) is 0 Å². The number of halogens is 1. The predicted molar refractivity (Wildman–Crippen MR) is 101 cm³/mol. The lowest BCUT2D eigenvalue weighted by Gasteiger charge is -2.26. The molecular formula is C20H25FN4. The Labute approximate surface area is 148 Å². The number of benzene rings is 2. The van der Waals surface area contributed by atoms with Crippen molar-refractivity contribution < 1.29 is 4.39 Å². The van der Waals surface area contributed by atoms with E-state index in [9.17, 15) is 4.39 Å². The molecule has 4 nitrogen and oxygen atoms in total. The average molecular weight is 340 g/mol. The molecule has 3 aromatic rings. The molecule has 0 saturated carbocycles. The molecule has 1 fully saturated rings. The summed E-state index contributed by atoms with van der Waals surface area (Å²) in [5.74, 6) is -0.237. The van der Waals surface area contributed by atoms with Gasteiger partial charge in [0.25, 0.3) is 0 Å². The summed E-state index contributed by atoms with van der Waals surface area (Å²) in [6.07, 6.45) is 1.87. The van der Waals surface area contributed by atoms with E-state index in [-0.39, 0.29) is 5.82 Å². The van der Waals surface area contributed by atoms with E-state index in [0.717, 1.165) is 36.2 Å². The second kappa shape index (κ2) is 7.76. The first-order chi connectivity index (χ1) is 12.2. The number of nitrogens with zero attached hydrogens (tertiary/aromatic N) is 2. The van der Waals surface area contributed by atoms with Crippen molar-refractivity contribution in [3.05, 3.63) is 59.5 Å². The third-order valence-electron chi connectivity index (χ3n) is 4.44. The fraction of sp³-hybridized carbons (Fsp3) is 0.350. The number of aromatic nitrogens is 2. The van der Waals surface area contributed by atoms with Gasteiger partial charge >= 0.3 is 0 Å². The molecule has 1 aromatic heterocycles. The highest BCUT2D eigenvalue weighted by Crippen LogP contribution is 2.26. The number of hydrogen-bond acceptors (Lipinski definition) is 3. The van der Waals surface area contributed by atoms with Crippen molar-refractivity contribution in [2.75, 3.05) is 19.6 Å². The Bertz CT molecular complexity index is 833. The Morgan fingerprint density at radius 2 is 1.88 bits per heavy atom. The molecule has 0 bridgehead atoms. The number of aryl methyl sites for hydroxylation is 1. The molecule has 25 heavy (non-hydrogen) atoms. The molecule has 1 atom stereocenters. The lowest BCUT2D eigenvalue weighted by molar-refractivity contribution is 0.429. The van der Waals surface area contributed by atoms with Crippen LogP contribution in [-0.4, -0.2) is 29.4 Å². The Morgan fingerprint density at radius 3 is 2.56 bits per heavy atom. The van der Waals surface area contributed by atoms with E-state index in [4.69, 9.17) is 0 Å². The van der Waals surface area contributed by atoms with Gasteiger partial charge in [-0.25, -0.2) is 9.07 Å². The second-order valence-electron chi connectivity index (χ2n) is 6.01. The van der Waals surface area contributed by atoms with Crippen LogP contribution in [0.3, 0.4) is 0 Å². The Hall–Kier alpha value is -2.24. The fourth-order valence-corrected chi connectivity index (χ4v) is 3.23. The normalized spacial score (nSPS) is 17.2. The van der Waals surface area contributed by atoms with Crippen molar-refractivity contribution in [1.82, 2.24) is 20.4 Å². The van der Waals surface area contributed by atoms with E-state index in [1.165, 1.54) is 23.3 Å². The quantitative estimate of drug-likeness (QED) is 0.747. The van der Waals surface area contributed by atoms with Gasteiger partial charge in [-0.2, -0.15) is 5.10 Å². The first-order valence-corrected chi connectivity index (χ1v) is 8.91. The molecule has 5 heteroatoms. The van der Waals surface area contributed by atoms with Crippen LogP contribution in [0.15, 0.2) is 42.6 Å². The van der Waals surface area contributed by atoms with Gasteiger partial charge in [0.05, 0.1) is 17.4 Å². The second-order valence-corrected chi connectivity index (χ2v) is 6.01. The van der Waals surface area contributed by atoms with Crippen LogP contribution in [0, 0.1) is 12.7 Å². The summed E-state index contributed by atoms with van der Waals surface area (Å²) in [5.41, 5.74) is 4.46. The summed E-state index contributed by atoms with van der Waals surface area (Å²) >= 11 is 0. The monoisotopic (exact) mass is 340 g/mol. The summed E-state index contributed by atoms with van der Waals surface area (Å²) in [7, 11) is 0. The summed E-state index contributed by atoms with van der Waals surface area (Å²) in [4.78, 5) is 0. The largest absolute Gasteiger partial charge is 0.314 e. The minimum atomic E-state index is -0.237. The molecule has 1 saturated heterocycles. The molecule has 1 aliphatic heterocycles. The van der Waals surface area contributed by atoms with Crippen molar-refractivity contribution in [2.45, 2.75) is 26.8 Å². The predicted octanol–water partition coefficient (Wildman–Crippen LogP) is 3.73. The first kappa shape index (κ1) is 17.6. The van der Waals surface area contributed by atoms with Gasteiger partial charge in [-0.15, -0.1) is 0 Å². The zero-order valence-corrected chi connectivity index (χ0v) is 15.0. The number of fused-ring (bicyclic) bond motifs is 1. The SMILES string of the molecule is CC.Cc1cc2c(cnn2-c2ccc(F)cc2)cc1C1CNCCN1. The van der Waals surface area contributed by atoms with E-state index < -0.39 is 0 Å². The van der Waals surface area contributed by atoms with Crippen LogP contribution in [0.25, 0.3) is 16.6 Å². The third kappa shape index (κ3) is 3.57. The number of rotatable bonds is 2. The summed E-state index contributed by atoms with van der Waals surface area (Å²) < 4.78 is 15.0. The maximum atomic E-state index is 13.1. The van der Waals surface area contributed by atoms with Crippen LogP contribution in [0.5, 0.6) is 0 Å². The topological polar surface area (TPSA) is 41.9 Å². The van der Waals surface area contributed by atoms with Crippen molar-refractivity contribution in [3.63, 3.8) is 0 Å². The summed E-state index contributed by atoms with van der Waals surface area (Å²) in [6, 6.07) is 11.1. The fourth-order valence-electron chi connectivity index (χ4n) is 3.23. The Balaban J connectivity index is 0.000000880. The molecule has 2 N–H and O–H groups in total. The Kier molecular flexibility index (Phi) is 5.46. The van der Waals surface area contributed by atoms with Crippen LogP contribution in [0.2, 0.25) is 0 Å². The minimum Gasteiger partial charge on any atom is -0.314 e.